The lowest BCUT2D eigenvalue weighted by Crippen LogP contribution is -2.12. The van der Waals surface area contributed by atoms with E-state index in [9.17, 15) is 17.6 Å². The predicted molar refractivity (Wildman–Crippen MR) is 102 cm³/mol. The molecule has 1 heterocycles. The van der Waals surface area contributed by atoms with Crippen molar-refractivity contribution < 1.29 is 22.3 Å². The van der Waals surface area contributed by atoms with Crippen molar-refractivity contribution in [1.29, 1.82) is 0 Å². The summed E-state index contributed by atoms with van der Waals surface area (Å²) >= 11 is 0. The van der Waals surface area contributed by atoms with Gasteiger partial charge in [-0.3, -0.25) is 0 Å². The molecule has 0 unspecified atom stereocenters. The van der Waals surface area contributed by atoms with Crippen LogP contribution in [0.3, 0.4) is 0 Å². The van der Waals surface area contributed by atoms with Crippen molar-refractivity contribution >= 4 is 23.1 Å². The van der Waals surface area contributed by atoms with Gasteiger partial charge in [0.15, 0.2) is 0 Å². The first-order chi connectivity index (χ1) is 13.8. The summed E-state index contributed by atoms with van der Waals surface area (Å²) in [7, 11) is 0. The molecule has 29 heavy (non-hydrogen) atoms. The van der Waals surface area contributed by atoms with Crippen LogP contribution in [-0.2, 0) is 6.18 Å². The lowest BCUT2D eigenvalue weighted by atomic mass is 10.2. The number of alkyl halides is 3. The van der Waals surface area contributed by atoms with Gasteiger partial charge in [0, 0.05) is 17.6 Å². The molecule has 152 valence electrons. The monoisotopic (exact) mass is 406 g/mol. The summed E-state index contributed by atoms with van der Waals surface area (Å²) < 4.78 is 58.5. The summed E-state index contributed by atoms with van der Waals surface area (Å²) in [4.78, 5) is 7.66. The fourth-order valence-electron chi connectivity index (χ4n) is 2.40. The van der Waals surface area contributed by atoms with Crippen LogP contribution in [0, 0.1) is 5.82 Å². The highest BCUT2D eigenvalue weighted by Crippen LogP contribution is 2.35. The van der Waals surface area contributed by atoms with Gasteiger partial charge in [-0.1, -0.05) is 6.92 Å². The van der Waals surface area contributed by atoms with Crippen LogP contribution in [0.2, 0.25) is 0 Å². The van der Waals surface area contributed by atoms with E-state index >= 15 is 0 Å². The van der Waals surface area contributed by atoms with Crippen molar-refractivity contribution in [3.8, 4) is 5.75 Å². The molecule has 0 amide bonds. The zero-order valence-corrected chi connectivity index (χ0v) is 15.4. The number of hydrogen-bond donors (Lipinski definition) is 2. The van der Waals surface area contributed by atoms with Crippen molar-refractivity contribution in [2.45, 2.75) is 19.5 Å². The van der Waals surface area contributed by atoms with E-state index in [0.29, 0.717) is 29.9 Å². The molecule has 0 spiro atoms. The number of ether oxygens (including phenoxy) is 1. The highest BCUT2D eigenvalue weighted by atomic mass is 19.4. The average molecular weight is 406 g/mol. The van der Waals surface area contributed by atoms with Crippen LogP contribution in [0.25, 0.3) is 0 Å². The van der Waals surface area contributed by atoms with E-state index in [2.05, 4.69) is 20.6 Å². The Bertz CT molecular complexity index is 944. The Morgan fingerprint density at radius 3 is 2.17 bits per heavy atom. The van der Waals surface area contributed by atoms with Crippen molar-refractivity contribution in [1.82, 2.24) is 9.97 Å². The number of benzene rings is 2. The Labute approximate surface area is 164 Å². The van der Waals surface area contributed by atoms with Gasteiger partial charge in [0.2, 0.25) is 5.95 Å². The molecule has 2 aromatic carbocycles. The molecule has 9 heteroatoms. The quantitative estimate of drug-likeness (QED) is 0.478. The molecule has 0 atom stereocenters. The summed E-state index contributed by atoms with van der Waals surface area (Å²) in [5.41, 5.74) is -0.159. The molecule has 0 radical (unpaired) electrons. The zero-order chi connectivity index (χ0) is 20.9. The minimum absolute atomic E-state index is 0.0602. The minimum atomic E-state index is -4.64. The van der Waals surface area contributed by atoms with Gasteiger partial charge in [-0.25, -0.2) is 9.37 Å². The van der Waals surface area contributed by atoms with Crippen LogP contribution in [0.5, 0.6) is 5.75 Å². The number of nitrogens with one attached hydrogen (secondary N) is 2. The molecule has 2 N–H and O–H groups in total. The van der Waals surface area contributed by atoms with E-state index in [1.807, 2.05) is 6.92 Å². The standard InChI is InChI=1S/C20H18F4N4O/c1-2-11-29-16-9-7-14(8-10-16)26-18-17(20(22,23)24)12-25-19(28-18)27-15-5-3-13(21)4-6-15/h3-10,12H,2,11H2,1H3,(H2,25,26,27,28). The molecular formula is C20H18F4N4O. The van der Waals surface area contributed by atoms with E-state index in [-0.39, 0.29) is 5.95 Å². The zero-order valence-electron chi connectivity index (χ0n) is 15.4. The van der Waals surface area contributed by atoms with Gasteiger partial charge in [-0.05, 0) is 55.0 Å². The first kappa shape index (κ1) is 20.4. The smallest absolute Gasteiger partial charge is 0.421 e. The SMILES string of the molecule is CCCOc1ccc(Nc2nc(Nc3ccc(F)cc3)ncc2C(F)(F)F)cc1. The summed E-state index contributed by atoms with van der Waals surface area (Å²) in [6.45, 7) is 2.52. The molecule has 0 bridgehead atoms. The molecule has 0 aliphatic heterocycles. The van der Waals surface area contributed by atoms with Gasteiger partial charge in [0.25, 0.3) is 0 Å². The number of halogens is 4. The lowest BCUT2D eigenvalue weighted by molar-refractivity contribution is -0.137. The topological polar surface area (TPSA) is 59.1 Å². The Kier molecular flexibility index (Phi) is 6.16. The first-order valence-corrected chi connectivity index (χ1v) is 8.82. The van der Waals surface area contributed by atoms with E-state index in [4.69, 9.17) is 4.74 Å². The van der Waals surface area contributed by atoms with E-state index in [1.165, 1.54) is 24.3 Å². The third-order valence-corrected chi connectivity index (χ3v) is 3.78. The maximum Gasteiger partial charge on any atom is 0.421 e. The Balaban J connectivity index is 1.85. The molecule has 0 saturated carbocycles. The summed E-state index contributed by atoms with van der Waals surface area (Å²) in [5.74, 6) is -0.276. The van der Waals surface area contributed by atoms with Gasteiger partial charge in [0.05, 0.1) is 6.61 Å². The van der Waals surface area contributed by atoms with Gasteiger partial charge in [0.1, 0.15) is 22.9 Å². The van der Waals surface area contributed by atoms with Gasteiger partial charge < -0.3 is 15.4 Å². The third-order valence-electron chi connectivity index (χ3n) is 3.78. The van der Waals surface area contributed by atoms with Crippen LogP contribution >= 0.6 is 0 Å². The Morgan fingerprint density at radius 1 is 0.931 bits per heavy atom. The Morgan fingerprint density at radius 2 is 1.55 bits per heavy atom. The van der Waals surface area contributed by atoms with E-state index in [0.717, 1.165) is 6.42 Å². The lowest BCUT2D eigenvalue weighted by Gasteiger charge is -2.15. The normalized spacial score (nSPS) is 11.2. The van der Waals surface area contributed by atoms with Crippen molar-refractivity contribution in [2.24, 2.45) is 0 Å². The molecule has 1 aromatic heterocycles. The van der Waals surface area contributed by atoms with Crippen LogP contribution in [0.4, 0.5) is 40.7 Å². The molecule has 0 aliphatic carbocycles. The highest BCUT2D eigenvalue weighted by Gasteiger charge is 2.35. The van der Waals surface area contributed by atoms with Crippen LogP contribution in [0.1, 0.15) is 18.9 Å². The van der Waals surface area contributed by atoms with E-state index in [1.54, 1.807) is 24.3 Å². The summed E-state index contributed by atoms with van der Waals surface area (Å²) in [6, 6.07) is 11.8. The molecule has 3 aromatic rings. The molecule has 0 fully saturated rings. The largest absolute Gasteiger partial charge is 0.494 e. The second-order valence-corrected chi connectivity index (χ2v) is 6.08. The third kappa shape index (κ3) is 5.56. The molecule has 0 saturated heterocycles. The van der Waals surface area contributed by atoms with Crippen LogP contribution < -0.4 is 15.4 Å². The minimum Gasteiger partial charge on any atom is -0.494 e. The number of hydrogen-bond acceptors (Lipinski definition) is 5. The molecule has 5 nitrogen and oxygen atoms in total. The number of nitrogens with zero attached hydrogens (tertiary/aromatic N) is 2. The fraction of sp³-hybridized carbons (Fsp3) is 0.200. The molecule has 3 rings (SSSR count). The number of aromatic nitrogens is 2. The van der Waals surface area contributed by atoms with Crippen molar-refractivity contribution in [3.05, 3.63) is 66.1 Å². The second kappa shape index (κ2) is 8.76. The highest BCUT2D eigenvalue weighted by molar-refractivity contribution is 5.63. The number of rotatable bonds is 7. The van der Waals surface area contributed by atoms with Gasteiger partial charge in [-0.15, -0.1) is 0 Å². The van der Waals surface area contributed by atoms with Crippen molar-refractivity contribution in [3.63, 3.8) is 0 Å². The molecule has 0 aliphatic rings. The summed E-state index contributed by atoms with van der Waals surface area (Å²) in [6.07, 6.45) is -3.10. The van der Waals surface area contributed by atoms with Crippen molar-refractivity contribution in [2.75, 3.05) is 17.2 Å². The fourth-order valence-corrected chi connectivity index (χ4v) is 2.40. The maximum atomic E-state index is 13.4. The predicted octanol–water partition coefficient (Wildman–Crippen LogP) is 5.91. The second-order valence-electron chi connectivity index (χ2n) is 6.08. The Hall–Kier alpha value is -3.36. The van der Waals surface area contributed by atoms with Crippen LogP contribution in [-0.4, -0.2) is 16.6 Å². The maximum absolute atomic E-state index is 13.4. The first-order valence-electron chi connectivity index (χ1n) is 8.82. The van der Waals surface area contributed by atoms with Gasteiger partial charge in [-0.2, -0.15) is 18.2 Å². The number of anilines is 4. The van der Waals surface area contributed by atoms with E-state index < -0.39 is 23.4 Å². The van der Waals surface area contributed by atoms with Gasteiger partial charge >= 0.3 is 6.18 Å². The average Bonchev–Trinajstić information content (AvgIpc) is 2.68. The summed E-state index contributed by atoms with van der Waals surface area (Å²) in [5, 5.41) is 5.42. The van der Waals surface area contributed by atoms with Crippen LogP contribution in [0.15, 0.2) is 54.7 Å². The molecular weight excluding hydrogens is 388 g/mol.